The largest absolute Gasteiger partial charge is 0.378 e. The topological polar surface area (TPSA) is 95.9 Å². The molecule has 1 aromatic heterocycles. The number of benzene rings is 1. The van der Waals surface area contributed by atoms with Crippen molar-refractivity contribution in [1.29, 1.82) is 0 Å². The van der Waals surface area contributed by atoms with Crippen molar-refractivity contribution in [2.24, 2.45) is 4.99 Å². The van der Waals surface area contributed by atoms with Gasteiger partial charge < -0.3 is 20.3 Å². The smallest absolute Gasteiger partial charge is 0.191 e. The van der Waals surface area contributed by atoms with E-state index in [9.17, 15) is 8.42 Å². The summed E-state index contributed by atoms with van der Waals surface area (Å²) in [4.78, 5) is 11.4. The Labute approximate surface area is 201 Å². The molecule has 1 aromatic carbocycles. The monoisotopic (exact) mass is 559 g/mol. The van der Waals surface area contributed by atoms with Gasteiger partial charge in [-0.2, -0.15) is 0 Å². The predicted octanol–water partition coefficient (Wildman–Crippen LogP) is 2.11. The molecule has 2 aromatic rings. The van der Waals surface area contributed by atoms with Crippen LogP contribution in [0.3, 0.4) is 0 Å². The van der Waals surface area contributed by atoms with Gasteiger partial charge in [0.1, 0.15) is 5.82 Å². The zero-order valence-electron chi connectivity index (χ0n) is 18.1. The number of nitrogens with one attached hydrogen (secondary N) is 2. The van der Waals surface area contributed by atoms with E-state index in [-0.39, 0.29) is 24.0 Å². The summed E-state index contributed by atoms with van der Waals surface area (Å²) < 4.78 is 29.0. The van der Waals surface area contributed by atoms with Crippen molar-refractivity contribution in [3.05, 3.63) is 53.2 Å². The Morgan fingerprint density at radius 1 is 1.19 bits per heavy atom. The number of aliphatic imine (C=N–C) groups is 1. The number of halogens is 1. The van der Waals surface area contributed by atoms with Gasteiger partial charge in [-0.3, -0.25) is 4.99 Å². The zero-order chi connectivity index (χ0) is 21.6. The fourth-order valence-electron chi connectivity index (χ4n) is 3.45. The molecule has 10 heteroatoms. The molecule has 0 amide bonds. The van der Waals surface area contributed by atoms with Gasteiger partial charge in [0.05, 0.1) is 18.1 Å². The van der Waals surface area contributed by atoms with Gasteiger partial charge in [0.25, 0.3) is 0 Å². The number of nitrogens with zero attached hydrogens (tertiary/aromatic N) is 3. The van der Waals surface area contributed by atoms with Gasteiger partial charge in [0.2, 0.25) is 0 Å². The van der Waals surface area contributed by atoms with Crippen molar-refractivity contribution >= 4 is 45.6 Å². The number of aromatic nitrogens is 1. The van der Waals surface area contributed by atoms with Gasteiger partial charge >= 0.3 is 0 Å². The number of hydrogen-bond donors (Lipinski definition) is 2. The summed E-state index contributed by atoms with van der Waals surface area (Å²) in [5.41, 5.74) is 2.82. The lowest BCUT2D eigenvalue weighted by Crippen LogP contribution is -2.39. The Bertz CT molecular complexity index is 1010. The SMILES string of the molecule is CN=C(NCc1ccc(S(C)(=O)=O)c(C)c1)NCc1cccnc1N1CCOCC1.I. The van der Waals surface area contributed by atoms with Gasteiger partial charge in [-0.1, -0.05) is 18.2 Å². The first-order valence-corrected chi connectivity index (χ1v) is 11.8. The lowest BCUT2D eigenvalue weighted by molar-refractivity contribution is 0.122. The number of pyridine rings is 1. The lowest BCUT2D eigenvalue weighted by Gasteiger charge is -2.29. The van der Waals surface area contributed by atoms with Gasteiger partial charge in [0.15, 0.2) is 15.8 Å². The van der Waals surface area contributed by atoms with Crippen LogP contribution in [0.5, 0.6) is 0 Å². The third kappa shape index (κ3) is 7.04. The second-order valence-electron chi connectivity index (χ2n) is 7.24. The van der Waals surface area contributed by atoms with Crippen LogP contribution in [0.15, 0.2) is 46.4 Å². The van der Waals surface area contributed by atoms with E-state index >= 15 is 0 Å². The minimum atomic E-state index is -3.21. The highest BCUT2D eigenvalue weighted by molar-refractivity contribution is 14.0. The molecule has 0 aliphatic carbocycles. The van der Waals surface area contributed by atoms with Gasteiger partial charge in [-0.05, 0) is 30.2 Å². The maximum Gasteiger partial charge on any atom is 0.191 e. The number of hydrogen-bond acceptors (Lipinski definition) is 6. The molecule has 1 saturated heterocycles. The molecule has 0 atom stereocenters. The Balaban J connectivity index is 0.00000341. The van der Waals surface area contributed by atoms with E-state index in [1.165, 1.54) is 6.26 Å². The molecular formula is C21H30IN5O3S. The molecule has 3 rings (SSSR count). The molecule has 0 bridgehead atoms. The van der Waals surface area contributed by atoms with E-state index in [1.54, 1.807) is 13.1 Å². The third-order valence-corrected chi connectivity index (χ3v) is 6.20. The summed E-state index contributed by atoms with van der Waals surface area (Å²) in [6.45, 7) is 6.02. The first-order valence-electron chi connectivity index (χ1n) is 9.89. The number of aryl methyl sites for hydroxylation is 1. The predicted molar refractivity (Wildman–Crippen MR) is 134 cm³/mol. The Morgan fingerprint density at radius 3 is 2.55 bits per heavy atom. The molecule has 0 unspecified atom stereocenters. The van der Waals surface area contributed by atoms with Crippen molar-refractivity contribution in [1.82, 2.24) is 15.6 Å². The highest BCUT2D eigenvalue weighted by atomic mass is 127. The minimum absolute atomic E-state index is 0. The summed E-state index contributed by atoms with van der Waals surface area (Å²) in [5, 5.41) is 6.61. The van der Waals surface area contributed by atoms with E-state index in [4.69, 9.17) is 4.74 Å². The molecule has 0 saturated carbocycles. The van der Waals surface area contributed by atoms with Crippen molar-refractivity contribution in [3.63, 3.8) is 0 Å². The van der Waals surface area contributed by atoms with Crippen molar-refractivity contribution < 1.29 is 13.2 Å². The number of sulfone groups is 1. The molecular weight excluding hydrogens is 529 g/mol. The van der Waals surface area contributed by atoms with Crippen LogP contribution in [0.2, 0.25) is 0 Å². The third-order valence-electron chi connectivity index (χ3n) is 4.95. The summed E-state index contributed by atoms with van der Waals surface area (Å²) in [7, 11) is -1.49. The average molecular weight is 559 g/mol. The van der Waals surface area contributed by atoms with Crippen LogP contribution < -0.4 is 15.5 Å². The van der Waals surface area contributed by atoms with Crippen molar-refractivity contribution in [2.45, 2.75) is 24.9 Å². The summed E-state index contributed by atoms with van der Waals surface area (Å²) >= 11 is 0. The summed E-state index contributed by atoms with van der Waals surface area (Å²) in [6, 6.07) is 9.35. The molecule has 0 radical (unpaired) electrons. The maximum atomic E-state index is 11.8. The molecule has 2 N–H and O–H groups in total. The van der Waals surface area contributed by atoms with Crippen LogP contribution in [-0.4, -0.2) is 59.0 Å². The maximum absolute atomic E-state index is 11.8. The Hall–Kier alpha value is -1.92. The number of morpholine rings is 1. The van der Waals surface area contributed by atoms with Crippen molar-refractivity contribution in [2.75, 3.05) is 44.5 Å². The van der Waals surface area contributed by atoms with Crippen LogP contribution in [-0.2, 0) is 27.7 Å². The molecule has 170 valence electrons. The molecule has 2 heterocycles. The first-order chi connectivity index (χ1) is 14.4. The fourth-order valence-corrected chi connectivity index (χ4v) is 4.41. The van der Waals surface area contributed by atoms with Gasteiger partial charge in [-0.25, -0.2) is 13.4 Å². The van der Waals surface area contributed by atoms with E-state index in [0.717, 1.165) is 35.6 Å². The minimum Gasteiger partial charge on any atom is -0.378 e. The quantitative estimate of drug-likeness (QED) is 0.318. The molecule has 1 fully saturated rings. The number of rotatable bonds is 6. The van der Waals surface area contributed by atoms with E-state index in [1.807, 2.05) is 31.3 Å². The first kappa shape index (κ1) is 25.3. The number of ether oxygens (including phenoxy) is 1. The molecule has 31 heavy (non-hydrogen) atoms. The van der Waals surface area contributed by atoms with E-state index in [0.29, 0.717) is 37.2 Å². The van der Waals surface area contributed by atoms with E-state index < -0.39 is 9.84 Å². The number of anilines is 1. The fraction of sp³-hybridized carbons (Fsp3) is 0.429. The molecule has 1 aliphatic heterocycles. The molecule has 1 aliphatic rings. The number of guanidine groups is 1. The second-order valence-corrected chi connectivity index (χ2v) is 9.22. The van der Waals surface area contributed by atoms with Crippen LogP contribution in [0.1, 0.15) is 16.7 Å². The Kier molecular flexibility index (Phi) is 9.51. The molecule has 0 spiro atoms. The van der Waals surface area contributed by atoms with Crippen LogP contribution in [0.4, 0.5) is 5.82 Å². The summed E-state index contributed by atoms with van der Waals surface area (Å²) in [6.07, 6.45) is 3.03. The van der Waals surface area contributed by atoms with Crippen LogP contribution in [0.25, 0.3) is 0 Å². The van der Waals surface area contributed by atoms with Gasteiger partial charge in [0, 0.05) is 51.2 Å². The lowest BCUT2D eigenvalue weighted by atomic mass is 10.1. The standard InChI is InChI=1S/C21H29N5O3S.HI/c1-16-13-17(6-7-19(16)30(3,27)28)14-24-21(22-2)25-15-18-5-4-8-23-20(18)26-9-11-29-12-10-26;/h4-8,13H,9-12,14-15H2,1-3H3,(H2,22,24,25);1H. The van der Waals surface area contributed by atoms with Crippen LogP contribution >= 0.6 is 24.0 Å². The zero-order valence-corrected chi connectivity index (χ0v) is 21.2. The summed E-state index contributed by atoms with van der Waals surface area (Å²) in [5.74, 6) is 1.63. The van der Waals surface area contributed by atoms with E-state index in [2.05, 4.69) is 31.6 Å². The second kappa shape index (κ2) is 11.6. The Morgan fingerprint density at radius 2 is 1.90 bits per heavy atom. The van der Waals surface area contributed by atoms with Crippen LogP contribution in [0, 0.1) is 6.92 Å². The average Bonchev–Trinajstić information content (AvgIpc) is 2.74. The highest BCUT2D eigenvalue weighted by Crippen LogP contribution is 2.18. The normalized spacial score (nSPS) is 14.7. The van der Waals surface area contributed by atoms with Crippen molar-refractivity contribution in [3.8, 4) is 0 Å². The van der Waals surface area contributed by atoms with Gasteiger partial charge in [-0.15, -0.1) is 24.0 Å². The highest BCUT2D eigenvalue weighted by Gasteiger charge is 2.16. The molecule has 8 nitrogen and oxygen atoms in total.